The van der Waals surface area contributed by atoms with Gasteiger partial charge >= 0.3 is 5.97 Å². The Labute approximate surface area is 58.9 Å². The number of rotatable bonds is 2. The van der Waals surface area contributed by atoms with Gasteiger partial charge in [0.1, 0.15) is 0 Å². The molecule has 0 unspecified atom stereocenters. The summed E-state index contributed by atoms with van der Waals surface area (Å²) >= 11 is 0. The van der Waals surface area contributed by atoms with E-state index in [0.29, 0.717) is 13.0 Å². The second-order valence-electron chi connectivity index (χ2n) is 2.59. The van der Waals surface area contributed by atoms with Crippen molar-refractivity contribution in [2.45, 2.75) is 25.0 Å². The van der Waals surface area contributed by atoms with Crippen LogP contribution in [0.1, 0.15) is 12.8 Å². The summed E-state index contributed by atoms with van der Waals surface area (Å²) in [5.41, 5.74) is 0. The number of nitrogens with one attached hydrogen (secondary N) is 1. The number of carbonyl (C=O) groups is 1. The Morgan fingerprint density at radius 3 is 2.80 bits per heavy atom. The second kappa shape index (κ2) is 2.98. The molecule has 0 amide bonds. The molecule has 0 aromatic heterocycles. The number of aliphatic hydroxyl groups is 1. The van der Waals surface area contributed by atoms with E-state index in [0.717, 1.165) is 0 Å². The number of hydrogen-bond acceptors (Lipinski definition) is 3. The minimum Gasteiger partial charge on any atom is -0.481 e. The lowest BCUT2D eigenvalue weighted by Crippen LogP contribution is -2.24. The highest BCUT2D eigenvalue weighted by Gasteiger charge is 2.23. The van der Waals surface area contributed by atoms with E-state index in [4.69, 9.17) is 10.2 Å². The molecule has 4 heteroatoms. The molecule has 10 heavy (non-hydrogen) atoms. The van der Waals surface area contributed by atoms with Gasteiger partial charge in [0.05, 0.1) is 12.5 Å². The Balaban J connectivity index is 2.24. The molecule has 1 rings (SSSR count). The van der Waals surface area contributed by atoms with Gasteiger partial charge < -0.3 is 15.5 Å². The topological polar surface area (TPSA) is 69.6 Å². The predicted octanol–water partition coefficient (Wildman–Crippen LogP) is -0.816. The Hall–Kier alpha value is -0.610. The molecule has 1 fully saturated rings. The lowest BCUT2D eigenvalue weighted by molar-refractivity contribution is -0.137. The highest BCUT2D eigenvalue weighted by Crippen LogP contribution is 2.08. The Morgan fingerprint density at radius 2 is 2.40 bits per heavy atom. The molecule has 0 aliphatic carbocycles. The van der Waals surface area contributed by atoms with Crippen molar-refractivity contribution in [3.63, 3.8) is 0 Å². The Morgan fingerprint density at radius 1 is 1.70 bits per heavy atom. The standard InChI is InChI=1S/C6H11NO3/c8-5-1-4(7-3-5)2-6(9)10/h4-5,7-8H,1-3H2,(H,9,10)/t4-,5-/m0/s1. The summed E-state index contributed by atoms with van der Waals surface area (Å²) in [5, 5.41) is 20.2. The first-order valence-electron chi connectivity index (χ1n) is 3.31. The van der Waals surface area contributed by atoms with E-state index in [1.165, 1.54) is 0 Å². The maximum absolute atomic E-state index is 10.1. The van der Waals surface area contributed by atoms with Crippen LogP contribution in [-0.4, -0.2) is 34.9 Å². The third kappa shape index (κ3) is 1.97. The number of aliphatic carboxylic acids is 1. The molecule has 1 aliphatic heterocycles. The van der Waals surface area contributed by atoms with Gasteiger partial charge in [-0.05, 0) is 6.42 Å². The fourth-order valence-corrected chi connectivity index (χ4v) is 1.16. The van der Waals surface area contributed by atoms with Crippen molar-refractivity contribution in [3.8, 4) is 0 Å². The van der Waals surface area contributed by atoms with Crippen molar-refractivity contribution in [2.24, 2.45) is 0 Å². The summed E-state index contributed by atoms with van der Waals surface area (Å²) < 4.78 is 0. The first-order valence-corrected chi connectivity index (χ1v) is 3.31. The van der Waals surface area contributed by atoms with Gasteiger partial charge in [-0.1, -0.05) is 0 Å². The van der Waals surface area contributed by atoms with Gasteiger partial charge in [-0.25, -0.2) is 0 Å². The van der Waals surface area contributed by atoms with Crippen molar-refractivity contribution in [2.75, 3.05) is 6.54 Å². The largest absolute Gasteiger partial charge is 0.481 e. The molecule has 4 nitrogen and oxygen atoms in total. The summed E-state index contributed by atoms with van der Waals surface area (Å²) in [6.07, 6.45) is 0.313. The van der Waals surface area contributed by atoms with Crippen LogP contribution >= 0.6 is 0 Å². The number of carboxylic acid groups (broad SMARTS) is 1. The molecule has 1 heterocycles. The molecular formula is C6H11NO3. The van der Waals surface area contributed by atoms with Crippen molar-refractivity contribution >= 4 is 5.97 Å². The lowest BCUT2D eigenvalue weighted by atomic mass is 10.1. The minimum absolute atomic E-state index is 0.0347. The van der Waals surface area contributed by atoms with E-state index < -0.39 is 5.97 Å². The lowest BCUT2D eigenvalue weighted by Gasteiger charge is -2.03. The predicted molar refractivity (Wildman–Crippen MR) is 34.7 cm³/mol. The number of hydrogen-bond donors (Lipinski definition) is 3. The SMILES string of the molecule is O=C(O)C[C@@H]1C[C@H](O)CN1. The van der Waals surface area contributed by atoms with Crippen LogP contribution in [0.15, 0.2) is 0 Å². The monoisotopic (exact) mass is 145 g/mol. The Bertz CT molecular complexity index is 137. The van der Waals surface area contributed by atoms with Crippen molar-refractivity contribution < 1.29 is 15.0 Å². The van der Waals surface area contributed by atoms with Crippen LogP contribution in [0.3, 0.4) is 0 Å². The quantitative estimate of drug-likeness (QED) is 0.475. The zero-order chi connectivity index (χ0) is 7.56. The molecule has 0 bridgehead atoms. The summed E-state index contributed by atoms with van der Waals surface area (Å²) in [6.45, 7) is 0.526. The summed E-state index contributed by atoms with van der Waals surface area (Å²) in [4.78, 5) is 10.1. The van der Waals surface area contributed by atoms with Gasteiger partial charge in [0.25, 0.3) is 0 Å². The van der Waals surface area contributed by atoms with E-state index in [-0.39, 0.29) is 18.6 Å². The maximum atomic E-state index is 10.1. The first kappa shape index (κ1) is 7.50. The van der Waals surface area contributed by atoms with E-state index in [2.05, 4.69) is 5.32 Å². The molecule has 0 spiro atoms. The maximum Gasteiger partial charge on any atom is 0.304 e. The number of carboxylic acids is 1. The summed E-state index contributed by atoms with van der Waals surface area (Å²) in [7, 11) is 0. The third-order valence-corrected chi connectivity index (χ3v) is 1.62. The normalized spacial score (nSPS) is 32.5. The molecule has 0 saturated carbocycles. The summed E-state index contributed by atoms with van der Waals surface area (Å²) in [5.74, 6) is -0.813. The van der Waals surface area contributed by atoms with Gasteiger partial charge in [0.15, 0.2) is 0 Å². The zero-order valence-electron chi connectivity index (χ0n) is 5.58. The van der Waals surface area contributed by atoms with E-state index >= 15 is 0 Å². The molecule has 2 atom stereocenters. The fourth-order valence-electron chi connectivity index (χ4n) is 1.16. The minimum atomic E-state index is -0.813. The van der Waals surface area contributed by atoms with E-state index in [1.54, 1.807) is 0 Å². The number of aliphatic hydroxyl groups excluding tert-OH is 1. The second-order valence-corrected chi connectivity index (χ2v) is 2.59. The molecule has 3 N–H and O–H groups in total. The van der Waals surface area contributed by atoms with Gasteiger partial charge in [-0.3, -0.25) is 4.79 Å². The van der Waals surface area contributed by atoms with Crippen molar-refractivity contribution in [3.05, 3.63) is 0 Å². The molecule has 1 saturated heterocycles. The van der Waals surface area contributed by atoms with Crippen molar-refractivity contribution in [1.29, 1.82) is 0 Å². The first-order chi connectivity index (χ1) is 4.68. The van der Waals surface area contributed by atoms with Gasteiger partial charge in [-0.2, -0.15) is 0 Å². The molecule has 1 aliphatic rings. The van der Waals surface area contributed by atoms with Crippen molar-refractivity contribution in [1.82, 2.24) is 5.32 Å². The van der Waals surface area contributed by atoms with Gasteiger partial charge in [-0.15, -0.1) is 0 Å². The molecular weight excluding hydrogens is 134 g/mol. The average Bonchev–Trinajstić information content (AvgIpc) is 2.13. The zero-order valence-corrected chi connectivity index (χ0v) is 5.58. The van der Waals surface area contributed by atoms with Crippen LogP contribution in [0.25, 0.3) is 0 Å². The summed E-state index contributed by atoms with van der Waals surface area (Å²) in [6, 6.07) is -0.0347. The smallest absolute Gasteiger partial charge is 0.304 e. The van der Waals surface area contributed by atoms with Crippen LogP contribution < -0.4 is 5.32 Å². The van der Waals surface area contributed by atoms with Crippen LogP contribution in [-0.2, 0) is 4.79 Å². The van der Waals surface area contributed by atoms with E-state index in [1.807, 2.05) is 0 Å². The molecule has 0 aromatic rings. The highest BCUT2D eigenvalue weighted by molar-refractivity contribution is 5.67. The third-order valence-electron chi connectivity index (χ3n) is 1.62. The molecule has 58 valence electrons. The fraction of sp³-hybridized carbons (Fsp3) is 0.833. The van der Waals surface area contributed by atoms with Gasteiger partial charge in [0, 0.05) is 12.6 Å². The van der Waals surface area contributed by atoms with Crippen LogP contribution in [0.2, 0.25) is 0 Å². The molecule has 0 aromatic carbocycles. The number of β-amino-alcohol motifs (C(OH)–C–C–N with tert-alkyl or cyclic N) is 1. The van der Waals surface area contributed by atoms with Crippen LogP contribution in [0, 0.1) is 0 Å². The Kier molecular flexibility index (Phi) is 2.24. The average molecular weight is 145 g/mol. The van der Waals surface area contributed by atoms with Crippen LogP contribution in [0.5, 0.6) is 0 Å². The van der Waals surface area contributed by atoms with Crippen LogP contribution in [0.4, 0.5) is 0 Å². The molecule has 0 radical (unpaired) electrons. The van der Waals surface area contributed by atoms with Gasteiger partial charge in [0.2, 0.25) is 0 Å². The van der Waals surface area contributed by atoms with E-state index in [9.17, 15) is 4.79 Å². The highest BCUT2D eigenvalue weighted by atomic mass is 16.4.